The zero-order valence-corrected chi connectivity index (χ0v) is 11.5. The quantitative estimate of drug-likeness (QED) is 0.761. The largest absolute Gasteiger partial charge is 0.467 e. The van der Waals surface area contributed by atoms with Gasteiger partial charge < -0.3 is 18.4 Å². The van der Waals surface area contributed by atoms with E-state index in [4.69, 9.17) is 13.7 Å². The second-order valence-electron chi connectivity index (χ2n) is 4.61. The van der Waals surface area contributed by atoms with Crippen molar-refractivity contribution < 1.29 is 23.2 Å². The van der Waals surface area contributed by atoms with E-state index in [1.165, 1.54) is 7.11 Å². The summed E-state index contributed by atoms with van der Waals surface area (Å²) in [5, 5.41) is 3.87. The van der Waals surface area contributed by atoms with Crippen LogP contribution in [0.1, 0.15) is 5.89 Å². The Hall–Kier alpha value is -2.19. The minimum absolute atomic E-state index is 0.374. The molecule has 0 amide bonds. The lowest BCUT2D eigenvalue weighted by Crippen LogP contribution is -2.46. The van der Waals surface area contributed by atoms with Crippen LogP contribution in [0.2, 0.25) is 0 Å². The van der Waals surface area contributed by atoms with Crippen LogP contribution < -0.4 is 0 Å². The van der Waals surface area contributed by atoms with Crippen LogP contribution in [-0.4, -0.2) is 53.9 Å². The summed E-state index contributed by atoms with van der Waals surface area (Å²) in [6.45, 7) is 2.03. The van der Waals surface area contributed by atoms with Gasteiger partial charge in [-0.15, -0.1) is 0 Å². The normalized spacial score (nSPS) is 19.6. The first-order valence-corrected chi connectivity index (χ1v) is 6.54. The Morgan fingerprint density at radius 3 is 3.24 bits per heavy atom. The Kier molecular flexibility index (Phi) is 3.98. The average Bonchev–Trinajstić information content (AvgIpc) is 3.17. The van der Waals surface area contributed by atoms with Gasteiger partial charge in [-0.3, -0.25) is 4.90 Å². The Bertz CT molecular complexity index is 595. The number of aromatic nitrogens is 2. The monoisotopic (exact) mass is 293 g/mol. The van der Waals surface area contributed by atoms with Crippen molar-refractivity contribution in [3.05, 3.63) is 24.3 Å². The van der Waals surface area contributed by atoms with Crippen LogP contribution in [0, 0.1) is 0 Å². The lowest BCUT2D eigenvalue weighted by Gasteiger charge is -2.30. The van der Waals surface area contributed by atoms with Gasteiger partial charge in [0.05, 0.1) is 26.5 Å². The molecule has 21 heavy (non-hydrogen) atoms. The minimum Gasteiger partial charge on any atom is -0.467 e. The number of hydrogen-bond acceptors (Lipinski definition) is 8. The van der Waals surface area contributed by atoms with Crippen LogP contribution >= 0.6 is 0 Å². The van der Waals surface area contributed by atoms with Crippen molar-refractivity contribution in [2.45, 2.75) is 12.6 Å². The summed E-state index contributed by atoms with van der Waals surface area (Å²) < 4.78 is 20.5. The molecule has 3 rings (SSSR count). The number of rotatable bonds is 4. The molecule has 2 aromatic rings. The predicted octanol–water partition coefficient (Wildman–Crippen LogP) is 0.703. The maximum Gasteiger partial charge on any atom is 0.336 e. The number of morpholine rings is 1. The standard InChI is InChI=1S/C13H15N3O5/c1-18-13(17)10-7-16(4-6-20-10)8-11-14-12(15-21-11)9-3-2-5-19-9/h2-3,5,10H,4,6-8H2,1H3. The van der Waals surface area contributed by atoms with E-state index in [0.717, 1.165) is 0 Å². The van der Waals surface area contributed by atoms with E-state index in [1.807, 2.05) is 4.90 Å². The number of ether oxygens (including phenoxy) is 2. The van der Waals surface area contributed by atoms with Crippen LogP contribution in [0.3, 0.4) is 0 Å². The van der Waals surface area contributed by atoms with Gasteiger partial charge in [0.15, 0.2) is 11.9 Å². The van der Waals surface area contributed by atoms with E-state index in [0.29, 0.717) is 43.7 Å². The number of hydrogen-bond donors (Lipinski definition) is 0. The zero-order valence-electron chi connectivity index (χ0n) is 11.5. The van der Waals surface area contributed by atoms with Gasteiger partial charge in [0, 0.05) is 13.1 Å². The summed E-state index contributed by atoms with van der Waals surface area (Å²) in [7, 11) is 1.35. The highest BCUT2D eigenvalue weighted by Crippen LogP contribution is 2.17. The number of carbonyl (C=O) groups excluding carboxylic acids is 1. The van der Waals surface area contributed by atoms with E-state index in [-0.39, 0.29) is 5.97 Å². The number of esters is 1. The first-order chi connectivity index (χ1) is 10.3. The highest BCUT2D eigenvalue weighted by Gasteiger charge is 2.28. The third-order valence-corrected chi connectivity index (χ3v) is 3.18. The fourth-order valence-corrected chi connectivity index (χ4v) is 2.14. The molecule has 1 aliphatic rings. The van der Waals surface area contributed by atoms with Gasteiger partial charge in [-0.05, 0) is 12.1 Å². The van der Waals surface area contributed by atoms with E-state index >= 15 is 0 Å². The molecular weight excluding hydrogens is 278 g/mol. The van der Waals surface area contributed by atoms with Crippen molar-refractivity contribution in [3.8, 4) is 11.6 Å². The molecule has 3 heterocycles. The van der Waals surface area contributed by atoms with Gasteiger partial charge in [-0.25, -0.2) is 4.79 Å². The molecule has 8 nitrogen and oxygen atoms in total. The molecule has 2 aromatic heterocycles. The van der Waals surface area contributed by atoms with Crippen LogP contribution in [0.25, 0.3) is 11.6 Å². The third kappa shape index (κ3) is 3.11. The minimum atomic E-state index is -0.573. The molecule has 0 N–H and O–H groups in total. The fourth-order valence-electron chi connectivity index (χ4n) is 2.14. The van der Waals surface area contributed by atoms with Gasteiger partial charge >= 0.3 is 5.97 Å². The van der Waals surface area contributed by atoms with Gasteiger partial charge in [0.1, 0.15) is 0 Å². The van der Waals surface area contributed by atoms with E-state index < -0.39 is 6.10 Å². The summed E-state index contributed by atoms with van der Waals surface area (Å²) in [5.74, 6) is 1.06. The first-order valence-electron chi connectivity index (χ1n) is 6.54. The molecule has 112 valence electrons. The Morgan fingerprint density at radius 2 is 2.48 bits per heavy atom. The highest BCUT2D eigenvalue weighted by molar-refractivity contribution is 5.74. The van der Waals surface area contributed by atoms with E-state index in [1.54, 1.807) is 18.4 Å². The van der Waals surface area contributed by atoms with Gasteiger partial charge in [-0.2, -0.15) is 4.98 Å². The molecule has 1 saturated heterocycles. The maximum absolute atomic E-state index is 11.5. The van der Waals surface area contributed by atoms with Crippen molar-refractivity contribution >= 4 is 5.97 Å². The highest BCUT2D eigenvalue weighted by atomic mass is 16.6. The summed E-state index contributed by atoms with van der Waals surface area (Å²) in [6.07, 6.45) is 0.977. The summed E-state index contributed by atoms with van der Waals surface area (Å²) in [5.41, 5.74) is 0. The second kappa shape index (κ2) is 6.06. The van der Waals surface area contributed by atoms with Crippen LogP contribution in [0.15, 0.2) is 27.3 Å². The Labute approximate surface area is 120 Å². The van der Waals surface area contributed by atoms with Crippen molar-refractivity contribution in [2.75, 3.05) is 26.8 Å². The smallest absolute Gasteiger partial charge is 0.336 e. The average molecular weight is 293 g/mol. The fraction of sp³-hybridized carbons (Fsp3) is 0.462. The van der Waals surface area contributed by atoms with E-state index in [2.05, 4.69) is 14.9 Å². The van der Waals surface area contributed by atoms with Crippen molar-refractivity contribution in [2.24, 2.45) is 0 Å². The molecule has 0 radical (unpaired) electrons. The molecule has 0 saturated carbocycles. The van der Waals surface area contributed by atoms with Gasteiger partial charge in [-0.1, -0.05) is 5.16 Å². The van der Waals surface area contributed by atoms with Crippen molar-refractivity contribution in [3.63, 3.8) is 0 Å². The van der Waals surface area contributed by atoms with Crippen LogP contribution in [0.4, 0.5) is 0 Å². The number of furan rings is 1. The molecule has 1 aliphatic heterocycles. The lowest BCUT2D eigenvalue weighted by molar-refractivity contribution is -0.160. The lowest BCUT2D eigenvalue weighted by atomic mass is 10.2. The summed E-state index contributed by atoms with van der Waals surface area (Å²) in [6, 6.07) is 3.52. The molecule has 1 atom stereocenters. The van der Waals surface area contributed by atoms with Crippen LogP contribution in [0.5, 0.6) is 0 Å². The predicted molar refractivity (Wildman–Crippen MR) is 69.0 cm³/mol. The Morgan fingerprint density at radius 1 is 1.57 bits per heavy atom. The van der Waals surface area contributed by atoms with Gasteiger partial charge in [0.25, 0.3) is 0 Å². The number of carbonyl (C=O) groups is 1. The molecule has 1 fully saturated rings. The number of methoxy groups -OCH3 is 1. The second-order valence-corrected chi connectivity index (χ2v) is 4.61. The molecule has 0 bridgehead atoms. The number of nitrogens with zero attached hydrogens (tertiary/aromatic N) is 3. The zero-order chi connectivity index (χ0) is 14.7. The van der Waals surface area contributed by atoms with E-state index in [9.17, 15) is 4.79 Å². The topological polar surface area (TPSA) is 90.8 Å². The summed E-state index contributed by atoms with van der Waals surface area (Å²) >= 11 is 0. The first kappa shape index (κ1) is 13.8. The molecule has 0 aromatic carbocycles. The molecular formula is C13H15N3O5. The van der Waals surface area contributed by atoms with Crippen LogP contribution in [-0.2, 0) is 20.8 Å². The SMILES string of the molecule is COC(=O)C1CN(Cc2nc(-c3ccco3)no2)CCO1. The van der Waals surface area contributed by atoms with Crippen molar-refractivity contribution in [1.82, 2.24) is 15.0 Å². The maximum atomic E-state index is 11.5. The molecule has 0 aliphatic carbocycles. The molecule has 1 unspecified atom stereocenters. The van der Waals surface area contributed by atoms with Crippen molar-refractivity contribution in [1.29, 1.82) is 0 Å². The molecule has 0 spiro atoms. The summed E-state index contributed by atoms with van der Waals surface area (Å²) in [4.78, 5) is 17.8. The Balaban J connectivity index is 1.62. The molecule has 8 heteroatoms. The van der Waals surface area contributed by atoms with Gasteiger partial charge in [0.2, 0.25) is 11.7 Å². The third-order valence-electron chi connectivity index (χ3n) is 3.18.